The average Bonchev–Trinajstić information content (AvgIpc) is 2.87. The molecule has 0 saturated carbocycles. The van der Waals surface area contributed by atoms with Crippen LogP contribution in [0.15, 0.2) is 12.4 Å². The van der Waals surface area contributed by atoms with Gasteiger partial charge in [-0.3, -0.25) is 0 Å². The number of aryl methyl sites for hydroxylation is 1. The zero-order valence-corrected chi connectivity index (χ0v) is 12.9. The van der Waals surface area contributed by atoms with E-state index in [0.29, 0.717) is 6.04 Å². The van der Waals surface area contributed by atoms with E-state index in [4.69, 9.17) is 9.47 Å². The fourth-order valence-corrected chi connectivity index (χ4v) is 2.91. The molecule has 4 nitrogen and oxygen atoms in total. The Bertz CT molecular complexity index is 390. The summed E-state index contributed by atoms with van der Waals surface area (Å²) in [5.74, 6) is 0. The topological polar surface area (TPSA) is 35.4 Å². The molecule has 0 saturated heterocycles. The lowest BCUT2D eigenvalue weighted by atomic mass is 9.91. The Morgan fingerprint density at radius 3 is 3.00 bits per heavy atom. The van der Waals surface area contributed by atoms with Gasteiger partial charge in [0.25, 0.3) is 0 Å². The summed E-state index contributed by atoms with van der Waals surface area (Å²) in [5, 5.41) is 3.59. The minimum absolute atomic E-state index is 0.549. The lowest BCUT2D eigenvalue weighted by Gasteiger charge is -2.22. The lowest BCUT2D eigenvalue weighted by Crippen LogP contribution is -2.23. The molecule has 1 atom stereocenters. The van der Waals surface area contributed by atoms with Crippen LogP contribution < -0.4 is 5.32 Å². The number of hydrogen-bond acceptors (Lipinski definition) is 3. The van der Waals surface area contributed by atoms with Crippen molar-refractivity contribution in [1.82, 2.24) is 9.88 Å². The predicted octanol–water partition coefficient (Wildman–Crippen LogP) is 2.53. The molecule has 1 unspecified atom stereocenters. The van der Waals surface area contributed by atoms with Gasteiger partial charge in [0.2, 0.25) is 0 Å². The SMILES string of the molecule is CCNC1CCCc2cn(CCOCCCOC)cc21. The van der Waals surface area contributed by atoms with Gasteiger partial charge in [-0.05, 0) is 43.4 Å². The zero-order chi connectivity index (χ0) is 14.2. The van der Waals surface area contributed by atoms with Crippen molar-refractivity contribution in [1.29, 1.82) is 0 Å². The maximum Gasteiger partial charge on any atom is 0.0645 e. The fourth-order valence-electron chi connectivity index (χ4n) is 2.91. The summed E-state index contributed by atoms with van der Waals surface area (Å²) in [6.45, 7) is 6.51. The Hall–Kier alpha value is -0.840. The van der Waals surface area contributed by atoms with Gasteiger partial charge in [0.15, 0.2) is 0 Å². The number of hydrogen-bond donors (Lipinski definition) is 1. The Labute approximate surface area is 122 Å². The number of ether oxygens (including phenoxy) is 2. The Morgan fingerprint density at radius 1 is 1.30 bits per heavy atom. The molecule has 0 aliphatic heterocycles. The third-order valence-corrected chi connectivity index (χ3v) is 3.89. The van der Waals surface area contributed by atoms with Gasteiger partial charge in [0.1, 0.15) is 0 Å². The third-order valence-electron chi connectivity index (χ3n) is 3.89. The number of fused-ring (bicyclic) bond motifs is 1. The first-order valence-corrected chi connectivity index (χ1v) is 7.83. The molecule has 0 spiro atoms. The van der Waals surface area contributed by atoms with Crippen LogP contribution in [0.1, 0.15) is 43.4 Å². The predicted molar refractivity (Wildman–Crippen MR) is 81.1 cm³/mol. The molecule has 1 aliphatic rings. The molecule has 0 fully saturated rings. The number of methoxy groups -OCH3 is 1. The van der Waals surface area contributed by atoms with Crippen molar-refractivity contribution in [2.75, 3.05) is 33.5 Å². The number of nitrogens with one attached hydrogen (secondary N) is 1. The highest BCUT2D eigenvalue weighted by atomic mass is 16.5. The molecule has 1 aliphatic carbocycles. The monoisotopic (exact) mass is 280 g/mol. The van der Waals surface area contributed by atoms with Crippen molar-refractivity contribution < 1.29 is 9.47 Å². The van der Waals surface area contributed by atoms with Crippen LogP contribution in [-0.4, -0.2) is 38.0 Å². The highest BCUT2D eigenvalue weighted by Gasteiger charge is 2.20. The zero-order valence-electron chi connectivity index (χ0n) is 12.9. The Balaban J connectivity index is 1.79. The fraction of sp³-hybridized carbons (Fsp3) is 0.750. The maximum absolute atomic E-state index is 5.63. The summed E-state index contributed by atoms with van der Waals surface area (Å²) < 4.78 is 12.9. The van der Waals surface area contributed by atoms with Crippen LogP contribution in [0.5, 0.6) is 0 Å². The summed E-state index contributed by atoms with van der Waals surface area (Å²) in [5.41, 5.74) is 3.01. The first-order chi connectivity index (χ1) is 9.85. The molecular weight excluding hydrogens is 252 g/mol. The van der Waals surface area contributed by atoms with Crippen molar-refractivity contribution in [3.8, 4) is 0 Å². The highest BCUT2D eigenvalue weighted by Crippen LogP contribution is 2.30. The van der Waals surface area contributed by atoms with Gasteiger partial charge in [-0.1, -0.05) is 6.92 Å². The lowest BCUT2D eigenvalue weighted by molar-refractivity contribution is 0.0977. The second-order valence-corrected chi connectivity index (χ2v) is 5.44. The first-order valence-electron chi connectivity index (χ1n) is 7.83. The van der Waals surface area contributed by atoms with Crippen LogP contribution in [0, 0.1) is 0 Å². The molecule has 2 rings (SSSR count). The molecule has 114 valence electrons. The molecule has 1 aromatic rings. The van der Waals surface area contributed by atoms with Gasteiger partial charge in [-0.15, -0.1) is 0 Å². The van der Waals surface area contributed by atoms with Gasteiger partial charge in [0, 0.05) is 45.3 Å². The van der Waals surface area contributed by atoms with Crippen LogP contribution in [-0.2, 0) is 22.4 Å². The van der Waals surface area contributed by atoms with E-state index in [1.54, 1.807) is 7.11 Å². The second kappa shape index (κ2) is 8.45. The van der Waals surface area contributed by atoms with E-state index >= 15 is 0 Å². The Kier molecular flexibility index (Phi) is 6.57. The summed E-state index contributed by atoms with van der Waals surface area (Å²) in [7, 11) is 1.73. The van der Waals surface area contributed by atoms with Crippen molar-refractivity contribution in [2.24, 2.45) is 0 Å². The molecule has 0 aromatic carbocycles. The molecule has 1 heterocycles. The smallest absolute Gasteiger partial charge is 0.0645 e. The minimum Gasteiger partial charge on any atom is -0.385 e. The maximum atomic E-state index is 5.63. The molecule has 0 amide bonds. The molecule has 0 bridgehead atoms. The van der Waals surface area contributed by atoms with Crippen LogP contribution >= 0.6 is 0 Å². The van der Waals surface area contributed by atoms with E-state index < -0.39 is 0 Å². The van der Waals surface area contributed by atoms with Crippen molar-refractivity contribution in [3.63, 3.8) is 0 Å². The van der Waals surface area contributed by atoms with Crippen molar-refractivity contribution in [2.45, 2.75) is 45.2 Å². The van der Waals surface area contributed by atoms with E-state index in [0.717, 1.165) is 39.3 Å². The van der Waals surface area contributed by atoms with E-state index in [2.05, 4.69) is 29.2 Å². The third kappa shape index (κ3) is 4.33. The highest BCUT2D eigenvalue weighted by molar-refractivity contribution is 5.30. The van der Waals surface area contributed by atoms with E-state index in [1.807, 2.05) is 0 Å². The van der Waals surface area contributed by atoms with E-state index in [9.17, 15) is 0 Å². The Morgan fingerprint density at radius 2 is 2.20 bits per heavy atom. The van der Waals surface area contributed by atoms with Crippen molar-refractivity contribution >= 4 is 0 Å². The largest absolute Gasteiger partial charge is 0.385 e. The molecule has 20 heavy (non-hydrogen) atoms. The average molecular weight is 280 g/mol. The van der Waals surface area contributed by atoms with Crippen LogP contribution in [0.4, 0.5) is 0 Å². The van der Waals surface area contributed by atoms with Gasteiger partial charge in [-0.2, -0.15) is 0 Å². The second-order valence-electron chi connectivity index (χ2n) is 5.44. The summed E-state index contributed by atoms with van der Waals surface area (Å²) in [6.07, 6.45) is 9.36. The molecule has 0 radical (unpaired) electrons. The molecular formula is C16H28N2O2. The molecule has 4 heteroatoms. The molecule has 1 N–H and O–H groups in total. The van der Waals surface area contributed by atoms with E-state index in [-0.39, 0.29) is 0 Å². The standard InChI is InChI=1S/C16H28N2O2/c1-3-17-16-7-4-6-14-12-18(13-15(14)16)8-11-20-10-5-9-19-2/h12-13,16-17H,3-11H2,1-2H3. The normalized spacial score (nSPS) is 18.2. The number of rotatable bonds is 9. The van der Waals surface area contributed by atoms with E-state index in [1.165, 1.54) is 30.4 Å². The van der Waals surface area contributed by atoms with Crippen LogP contribution in [0.3, 0.4) is 0 Å². The number of aromatic nitrogens is 1. The molecule has 1 aromatic heterocycles. The van der Waals surface area contributed by atoms with Gasteiger partial charge >= 0.3 is 0 Å². The summed E-state index contributed by atoms with van der Waals surface area (Å²) in [6, 6.07) is 0.549. The van der Waals surface area contributed by atoms with Gasteiger partial charge in [0.05, 0.1) is 6.61 Å². The minimum atomic E-state index is 0.549. The van der Waals surface area contributed by atoms with Crippen LogP contribution in [0.25, 0.3) is 0 Å². The summed E-state index contributed by atoms with van der Waals surface area (Å²) in [4.78, 5) is 0. The summed E-state index contributed by atoms with van der Waals surface area (Å²) >= 11 is 0. The van der Waals surface area contributed by atoms with Crippen molar-refractivity contribution in [3.05, 3.63) is 23.5 Å². The first kappa shape index (κ1) is 15.5. The van der Waals surface area contributed by atoms with Gasteiger partial charge < -0.3 is 19.4 Å². The van der Waals surface area contributed by atoms with Gasteiger partial charge in [-0.25, -0.2) is 0 Å². The quantitative estimate of drug-likeness (QED) is 0.706. The van der Waals surface area contributed by atoms with Crippen LogP contribution in [0.2, 0.25) is 0 Å². The number of nitrogens with zero attached hydrogens (tertiary/aromatic N) is 1.